The molecular formula is C27H25N3O4S. The smallest absolute Gasteiger partial charge is 0.262 e. The van der Waals surface area contributed by atoms with E-state index >= 15 is 0 Å². The van der Waals surface area contributed by atoms with E-state index in [1.807, 2.05) is 48.5 Å². The van der Waals surface area contributed by atoms with E-state index in [9.17, 15) is 4.79 Å². The number of carbonyl (C=O) groups is 1. The van der Waals surface area contributed by atoms with Crippen LogP contribution in [0.5, 0.6) is 17.2 Å². The summed E-state index contributed by atoms with van der Waals surface area (Å²) in [6, 6.07) is 19.9. The molecule has 2 heterocycles. The Hall–Kier alpha value is -4.04. The van der Waals surface area contributed by atoms with Crippen LogP contribution in [0.1, 0.15) is 11.1 Å². The quantitative estimate of drug-likeness (QED) is 0.408. The molecule has 7 nitrogen and oxygen atoms in total. The van der Waals surface area contributed by atoms with Crippen molar-refractivity contribution in [3.8, 4) is 28.5 Å². The van der Waals surface area contributed by atoms with E-state index in [-0.39, 0.29) is 12.5 Å². The summed E-state index contributed by atoms with van der Waals surface area (Å²) in [7, 11) is 3.26. The maximum atomic E-state index is 11.9. The number of nitrogens with zero attached hydrogens (tertiary/aromatic N) is 2. The molecular weight excluding hydrogens is 462 g/mol. The van der Waals surface area contributed by atoms with Crippen molar-refractivity contribution < 1.29 is 19.0 Å². The zero-order valence-electron chi connectivity index (χ0n) is 19.7. The van der Waals surface area contributed by atoms with E-state index in [0.29, 0.717) is 29.5 Å². The lowest BCUT2D eigenvalue weighted by atomic mass is 10.1. The molecule has 1 aromatic heterocycles. The van der Waals surface area contributed by atoms with Gasteiger partial charge < -0.3 is 24.1 Å². The molecule has 0 aliphatic carbocycles. The Morgan fingerprint density at radius 3 is 2.71 bits per heavy atom. The van der Waals surface area contributed by atoms with Crippen LogP contribution in [-0.4, -0.2) is 31.3 Å². The minimum atomic E-state index is -0.159. The molecule has 4 aromatic rings. The topological polar surface area (TPSA) is 74.1 Å². The van der Waals surface area contributed by atoms with Crippen LogP contribution in [0.3, 0.4) is 0 Å². The van der Waals surface area contributed by atoms with Crippen molar-refractivity contribution in [2.24, 2.45) is 4.99 Å². The highest BCUT2D eigenvalue weighted by Gasteiger charge is 2.18. The third-order valence-electron chi connectivity index (χ3n) is 5.72. The number of carbonyl (C=O) groups excluding carboxylic acids is 1. The predicted octanol–water partition coefficient (Wildman–Crippen LogP) is 5.15. The molecule has 1 aliphatic heterocycles. The van der Waals surface area contributed by atoms with Gasteiger partial charge in [0.15, 0.2) is 22.9 Å². The fourth-order valence-corrected chi connectivity index (χ4v) is 4.94. The number of aryl methyl sites for hydroxylation is 1. The van der Waals surface area contributed by atoms with E-state index < -0.39 is 0 Å². The number of anilines is 1. The van der Waals surface area contributed by atoms with Crippen molar-refractivity contribution in [2.45, 2.75) is 13.5 Å². The summed E-state index contributed by atoms with van der Waals surface area (Å²) in [4.78, 5) is 17.7. The van der Waals surface area contributed by atoms with E-state index in [0.717, 1.165) is 32.9 Å². The van der Waals surface area contributed by atoms with Gasteiger partial charge in [-0.25, -0.2) is 4.99 Å². The molecule has 8 heteroatoms. The molecule has 1 amide bonds. The lowest BCUT2D eigenvalue weighted by molar-refractivity contribution is -0.118. The van der Waals surface area contributed by atoms with Gasteiger partial charge >= 0.3 is 0 Å². The number of thiazole rings is 1. The average Bonchev–Trinajstić information content (AvgIpc) is 3.25. The summed E-state index contributed by atoms with van der Waals surface area (Å²) < 4.78 is 18.6. The molecule has 178 valence electrons. The first-order chi connectivity index (χ1) is 17.0. The first-order valence-corrected chi connectivity index (χ1v) is 12.0. The van der Waals surface area contributed by atoms with Gasteiger partial charge in [0, 0.05) is 10.9 Å². The first-order valence-electron chi connectivity index (χ1n) is 11.1. The fourth-order valence-electron chi connectivity index (χ4n) is 4.01. The highest BCUT2D eigenvalue weighted by molar-refractivity contribution is 7.07. The number of hydrogen-bond acceptors (Lipinski definition) is 6. The Morgan fingerprint density at radius 2 is 1.91 bits per heavy atom. The van der Waals surface area contributed by atoms with Crippen molar-refractivity contribution in [1.82, 2.24) is 4.57 Å². The van der Waals surface area contributed by atoms with E-state index in [4.69, 9.17) is 19.2 Å². The lowest BCUT2D eigenvalue weighted by Crippen LogP contribution is -2.25. The second kappa shape index (κ2) is 9.68. The molecule has 1 N–H and O–H groups in total. The summed E-state index contributed by atoms with van der Waals surface area (Å²) in [5, 5.41) is 4.98. The molecule has 35 heavy (non-hydrogen) atoms. The Labute approximate surface area is 207 Å². The third kappa shape index (κ3) is 4.79. The van der Waals surface area contributed by atoms with Crippen LogP contribution in [0.25, 0.3) is 11.3 Å². The van der Waals surface area contributed by atoms with E-state index in [1.165, 1.54) is 0 Å². The van der Waals surface area contributed by atoms with Gasteiger partial charge in [-0.15, -0.1) is 11.3 Å². The number of fused-ring (bicyclic) bond motifs is 1. The normalized spacial score (nSPS) is 13.1. The number of rotatable bonds is 6. The maximum Gasteiger partial charge on any atom is 0.262 e. The number of aromatic nitrogens is 1. The van der Waals surface area contributed by atoms with Crippen LogP contribution in [0.15, 0.2) is 71.0 Å². The Balaban J connectivity index is 1.62. The standard InChI is InChI=1S/C27H25N3O4S/c1-17-5-4-6-20(11-17)28-27-30(14-18-7-9-24(32-2)25(12-18)33-3)22(16-35-27)19-8-10-23-21(13-19)29-26(31)15-34-23/h4-13,16H,14-15H2,1-3H3,(H,29,31). The van der Waals surface area contributed by atoms with Gasteiger partial charge in [0.05, 0.1) is 37.8 Å². The summed E-state index contributed by atoms with van der Waals surface area (Å²) in [5.41, 5.74) is 5.70. The maximum absolute atomic E-state index is 11.9. The predicted molar refractivity (Wildman–Crippen MR) is 137 cm³/mol. The number of methoxy groups -OCH3 is 2. The minimum absolute atomic E-state index is 0.0314. The van der Waals surface area contributed by atoms with Crippen LogP contribution >= 0.6 is 11.3 Å². The van der Waals surface area contributed by atoms with Crippen LogP contribution in [0, 0.1) is 6.92 Å². The molecule has 3 aromatic carbocycles. The highest BCUT2D eigenvalue weighted by Crippen LogP contribution is 2.34. The monoisotopic (exact) mass is 487 g/mol. The summed E-state index contributed by atoms with van der Waals surface area (Å²) >= 11 is 1.57. The van der Waals surface area contributed by atoms with Crippen molar-refractivity contribution >= 4 is 28.6 Å². The van der Waals surface area contributed by atoms with Crippen molar-refractivity contribution in [3.63, 3.8) is 0 Å². The summed E-state index contributed by atoms with van der Waals surface area (Å²) in [6.07, 6.45) is 0. The molecule has 1 aliphatic rings. The molecule has 0 fully saturated rings. The van der Waals surface area contributed by atoms with Gasteiger partial charge in [-0.3, -0.25) is 4.79 Å². The molecule has 0 saturated carbocycles. The second-order valence-electron chi connectivity index (χ2n) is 8.18. The van der Waals surface area contributed by atoms with E-state index in [1.54, 1.807) is 25.6 Å². The number of benzene rings is 3. The number of amides is 1. The van der Waals surface area contributed by atoms with Gasteiger partial charge in [-0.05, 0) is 60.5 Å². The number of ether oxygens (including phenoxy) is 3. The zero-order valence-corrected chi connectivity index (χ0v) is 20.5. The SMILES string of the molecule is COc1ccc(Cn2c(-c3ccc4c(c3)NC(=O)CO4)csc2=Nc2cccc(C)c2)cc1OC. The molecule has 0 atom stereocenters. The second-order valence-corrected chi connectivity index (χ2v) is 9.01. The van der Waals surface area contributed by atoms with Crippen molar-refractivity contribution in [3.05, 3.63) is 82.0 Å². The van der Waals surface area contributed by atoms with Crippen LogP contribution in [-0.2, 0) is 11.3 Å². The highest BCUT2D eigenvalue weighted by atomic mass is 32.1. The van der Waals surface area contributed by atoms with Crippen LogP contribution < -0.4 is 24.3 Å². The van der Waals surface area contributed by atoms with Crippen molar-refractivity contribution in [2.75, 3.05) is 26.1 Å². The van der Waals surface area contributed by atoms with Gasteiger partial charge in [0.2, 0.25) is 0 Å². The van der Waals surface area contributed by atoms with Gasteiger partial charge in [0.1, 0.15) is 5.75 Å². The third-order valence-corrected chi connectivity index (χ3v) is 6.58. The first kappa shape index (κ1) is 22.7. The molecule has 5 rings (SSSR count). The molecule has 0 unspecified atom stereocenters. The molecule has 0 radical (unpaired) electrons. The largest absolute Gasteiger partial charge is 0.493 e. The molecule has 0 bridgehead atoms. The Morgan fingerprint density at radius 1 is 1.06 bits per heavy atom. The Kier molecular flexibility index (Phi) is 6.29. The van der Waals surface area contributed by atoms with Crippen molar-refractivity contribution in [1.29, 1.82) is 0 Å². The molecule has 0 saturated heterocycles. The van der Waals surface area contributed by atoms with Gasteiger partial charge in [-0.1, -0.05) is 18.2 Å². The average molecular weight is 488 g/mol. The van der Waals surface area contributed by atoms with Gasteiger partial charge in [0.25, 0.3) is 5.91 Å². The molecule has 0 spiro atoms. The zero-order chi connectivity index (χ0) is 24.4. The van der Waals surface area contributed by atoms with Crippen LogP contribution in [0.2, 0.25) is 0 Å². The fraction of sp³-hybridized carbons (Fsp3) is 0.185. The van der Waals surface area contributed by atoms with Crippen LogP contribution in [0.4, 0.5) is 11.4 Å². The minimum Gasteiger partial charge on any atom is -0.493 e. The number of nitrogens with one attached hydrogen (secondary N) is 1. The Bertz CT molecular complexity index is 1470. The van der Waals surface area contributed by atoms with E-state index in [2.05, 4.69) is 34.3 Å². The van der Waals surface area contributed by atoms with Gasteiger partial charge in [-0.2, -0.15) is 0 Å². The summed E-state index contributed by atoms with van der Waals surface area (Å²) in [6.45, 7) is 2.66. The number of hydrogen-bond donors (Lipinski definition) is 1. The lowest BCUT2D eigenvalue weighted by Gasteiger charge is -2.19. The summed E-state index contributed by atoms with van der Waals surface area (Å²) in [5.74, 6) is 1.86.